The molecule has 1 atom stereocenters. The highest BCUT2D eigenvalue weighted by Crippen LogP contribution is 2.38. The molecule has 34 heavy (non-hydrogen) atoms. The van der Waals surface area contributed by atoms with E-state index in [1.165, 1.54) is 10.8 Å². The molecule has 174 valence electrons. The Labute approximate surface area is 196 Å². The number of esters is 2. The van der Waals surface area contributed by atoms with Crippen molar-refractivity contribution in [3.05, 3.63) is 99.0 Å². The van der Waals surface area contributed by atoms with Gasteiger partial charge in [-0.1, -0.05) is 60.2 Å². The number of nitrogens with zero attached hydrogens (tertiary/aromatic N) is 2. The van der Waals surface area contributed by atoms with E-state index >= 15 is 0 Å². The smallest absolute Gasteiger partial charge is 0.345 e. The molecule has 1 unspecified atom stereocenters. The van der Waals surface area contributed by atoms with Crippen molar-refractivity contribution in [1.82, 2.24) is 9.55 Å². The summed E-state index contributed by atoms with van der Waals surface area (Å²) in [5.74, 6) is -1.14. The van der Waals surface area contributed by atoms with E-state index in [1.54, 1.807) is 13.8 Å². The van der Waals surface area contributed by atoms with Gasteiger partial charge >= 0.3 is 11.9 Å². The zero-order chi connectivity index (χ0) is 24.2. The van der Waals surface area contributed by atoms with Crippen molar-refractivity contribution in [1.29, 1.82) is 0 Å². The van der Waals surface area contributed by atoms with Gasteiger partial charge in [-0.3, -0.25) is 9.36 Å². The highest BCUT2D eigenvalue weighted by Gasteiger charge is 2.37. The van der Waals surface area contributed by atoms with Crippen molar-refractivity contribution in [3.8, 4) is 0 Å². The van der Waals surface area contributed by atoms with E-state index in [4.69, 9.17) is 9.47 Å². The number of aromatic nitrogens is 2. The molecule has 0 spiro atoms. The van der Waals surface area contributed by atoms with Gasteiger partial charge in [-0.25, -0.2) is 14.6 Å². The summed E-state index contributed by atoms with van der Waals surface area (Å²) in [6.45, 7) is 5.61. The van der Waals surface area contributed by atoms with Crippen LogP contribution in [-0.2, 0) is 14.3 Å². The van der Waals surface area contributed by atoms with Crippen LogP contribution in [0.4, 0.5) is 5.95 Å². The molecular formula is C26H25N3O5. The minimum absolute atomic E-state index is 0.117. The highest BCUT2D eigenvalue weighted by molar-refractivity contribution is 6.02. The summed E-state index contributed by atoms with van der Waals surface area (Å²) in [6, 6.07) is 15.9. The number of benzene rings is 2. The predicted octanol–water partition coefficient (Wildman–Crippen LogP) is 3.72. The Hall–Kier alpha value is -4.20. The standard InChI is InChI=1S/C26H25N3O5/c1-4-33-24(31)19-15-27-26-28-21(17-9-7-6-8-10-17)20(25(32)34-5-2)22(29(26)23(19)30)18-13-11-16(3)12-14-18/h6-15,22H,4-5H2,1-3H3,(H,27,28). The molecular weight excluding hydrogens is 434 g/mol. The lowest BCUT2D eigenvalue weighted by Gasteiger charge is -2.32. The summed E-state index contributed by atoms with van der Waals surface area (Å²) in [5.41, 5.74) is 2.34. The third-order valence-electron chi connectivity index (χ3n) is 5.48. The highest BCUT2D eigenvalue weighted by atomic mass is 16.5. The Kier molecular flexibility index (Phi) is 6.58. The third-order valence-corrected chi connectivity index (χ3v) is 5.48. The van der Waals surface area contributed by atoms with Crippen LogP contribution in [0.15, 0.2) is 71.2 Å². The fourth-order valence-electron chi connectivity index (χ4n) is 3.91. The number of aryl methyl sites for hydroxylation is 1. The van der Waals surface area contributed by atoms with Crippen molar-refractivity contribution < 1.29 is 19.1 Å². The van der Waals surface area contributed by atoms with Gasteiger partial charge in [0.1, 0.15) is 5.56 Å². The molecule has 4 rings (SSSR count). The van der Waals surface area contributed by atoms with Gasteiger partial charge in [-0.15, -0.1) is 0 Å². The van der Waals surface area contributed by atoms with Crippen molar-refractivity contribution in [2.75, 3.05) is 18.5 Å². The van der Waals surface area contributed by atoms with Gasteiger partial charge in [0.25, 0.3) is 5.56 Å². The topological polar surface area (TPSA) is 99.5 Å². The second-order valence-corrected chi connectivity index (χ2v) is 7.70. The molecule has 1 aliphatic heterocycles. The summed E-state index contributed by atoms with van der Waals surface area (Å²) in [6.07, 6.45) is 1.20. The van der Waals surface area contributed by atoms with Gasteiger partial charge in [0.15, 0.2) is 0 Å². The summed E-state index contributed by atoms with van der Waals surface area (Å²) < 4.78 is 11.8. The number of rotatable bonds is 6. The quantitative estimate of drug-likeness (QED) is 0.561. The summed E-state index contributed by atoms with van der Waals surface area (Å²) in [5, 5.41) is 3.13. The monoisotopic (exact) mass is 459 g/mol. The molecule has 2 aromatic carbocycles. The Bertz CT molecular complexity index is 1310. The molecule has 0 saturated heterocycles. The van der Waals surface area contributed by atoms with Crippen molar-refractivity contribution >= 4 is 23.6 Å². The zero-order valence-corrected chi connectivity index (χ0v) is 19.2. The Morgan fingerprint density at radius 1 is 0.971 bits per heavy atom. The molecule has 1 aromatic heterocycles. The average molecular weight is 460 g/mol. The minimum Gasteiger partial charge on any atom is -0.463 e. The normalized spacial score (nSPS) is 14.7. The Morgan fingerprint density at radius 3 is 2.26 bits per heavy atom. The average Bonchev–Trinajstić information content (AvgIpc) is 2.84. The van der Waals surface area contributed by atoms with Crippen LogP contribution in [0.3, 0.4) is 0 Å². The number of ether oxygens (including phenoxy) is 2. The maximum absolute atomic E-state index is 13.6. The van der Waals surface area contributed by atoms with E-state index in [1.807, 2.05) is 61.5 Å². The van der Waals surface area contributed by atoms with E-state index < -0.39 is 23.5 Å². The molecule has 8 heteroatoms. The lowest BCUT2D eigenvalue weighted by Crippen LogP contribution is -2.39. The second kappa shape index (κ2) is 9.74. The predicted molar refractivity (Wildman–Crippen MR) is 127 cm³/mol. The second-order valence-electron chi connectivity index (χ2n) is 7.70. The number of anilines is 1. The summed E-state index contributed by atoms with van der Waals surface area (Å²) >= 11 is 0. The molecule has 0 saturated carbocycles. The van der Waals surface area contributed by atoms with Crippen LogP contribution in [-0.4, -0.2) is 34.7 Å². The van der Waals surface area contributed by atoms with Crippen molar-refractivity contribution in [2.24, 2.45) is 0 Å². The summed E-state index contributed by atoms with van der Waals surface area (Å²) in [4.78, 5) is 43.7. The summed E-state index contributed by atoms with van der Waals surface area (Å²) in [7, 11) is 0. The van der Waals surface area contributed by atoms with Crippen LogP contribution in [0.5, 0.6) is 0 Å². The van der Waals surface area contributed by atoms with E-state index in [9.17, 15) is 14.4 Å². The van der Waals surface area contributed by atoms with Gasteiger partial charge in [0, 0.05) is 0 Å². The van der Waals surface area contributed by atoms with Crippen LogP contribution in [0.1, 0.15) is 46.9 Å². The molecule has 0 amide bonds. The number of hydrogen-bond donors (Lipinski definition) is 1. The van der Waals surface area contributed by atoms with Crippen LogP contribution in [0.25, 0.3) is 5.70 Å². The van der Waals surface area contributed by atoms with Crippen LogP contribution < -0.4 is 10.9 Å². The van der Waals surface area contributed by atoms with Crippen LogP contribution in [0, 0.1) is 6.92 Å². The minimum atomic E-state index is -0.875. The van der Waals surface area contributed by atoms with Gasteiger partial charge in [0.2, 0.25) is 5.95 Å². The van der Waals surface area contributed by atoms with Gasteiger partial charge in [-0.05, 0) is 31.9 Å². The maximum atomic E-state index is 13.6. The molecule has 0 bridgehead atoms. The first kappa shape index (κ1) is 23.0. The molecule has 0 fully saturated rings. The van der Waals surface area contributed by atoms with E-state index in [0.29, 0.717) is 11.3 Å². The van der Waals surface area contributed by atoms with Crippen molar-refractivity contribution in [3.63, 3.8) is 0 Å². The van der Waals surface area contributed by atoms with Crippen LogP contribution in [0.2, 0.25) is 0 Å². The molecule has 3 aromatic rings. The molecule has 2 heterocycles. The largest absolute Gasteiger partial charge is 0.463 e. The van der Waals surface area contributed by atoms with Gasteiger partial charge in [-0.2, -0.15) is 0 Å². The lowest BCUT2D eigenvalue weighted by atomic mass is 9.91. The van der Waals surface area contributed by atoms with Crippen molar-refractivity contribution in [2.45, 2.75) is 26.8 Å². The first-order chi connectivity index (χ1) is 16.5. The molecule has 8 nitrogen and oxygen atoms in total. The Morgan fingerprint density at radius 2 is 1.62 bits per heavy atom. The number of carbonyl (C=O) groups is 2. The lowest BCUT2D eigenvalue weighted by molar-refractivity contribution is -0.138. The first-order valence-electron chi connectivity index (χ1n) is 11.0. The third kappa shape index (κ3) is 4.22. The fourth-order valence-corrected chi connectivity index (χ4v) is 3.91. The number of nitrogens with one attached hydrogen (secondary N) is 1. The Balaban J connectivity index is 2.03. The molecule has 1 aliphatic rings. The molecule has 0 radical (unpaired) electrons. The number of carbonyl (C=O) groups excluding carboxylic acids is 2. The maximum Gasteiger partial charge on any atom is 0.345 e. The zero-order valence-electron chi connectivity index (χ0n) is 19.2. The molecule has 0 aliphatic carbocycles. The van der Waals surface area contributed by atoms with E-state index in [2.05, 4.69) is 10.3 Å². The van der Waals surface area contributed by atoms with Gasteiger partial charge in [0.05, 0.1) is 36.7 Å². The van der Waals surface area contributed by atoms with E-state index in [-0.39, 0.29) is 30.3 Å². The van der Waals surface area contributed by atoms with Crippen LogP contribution >= 0.6 is 0 Å². The number of fused-ring (bicyclic) bond motifs is 1. The molecule has 1 N–H and O–H groups in total. The fraction of sp³-hybridized carbons (Fsp3) is 0.231. The van der Waals surface area contributed by atoms with E-state index in [0.717, 1.165) is 11.1 Å². The number of hydrogen-bond acceptors (Lipinski definition) is 7. The van der Waals surface area contributed by atoms with Gasteiger partial charge < -0.3 is 14.8 Å². The first-order valence-corrected chi connectivity index (χ1v) is 11.0. The SMILES string of the molecule is CCOC(=O)C1=C(c2ccccc2)Nc2ncc(C(=O)OCC)c(=O)n2C1c1ccc(C)cc1.